The first kappa shape index (κ1) is 14.5. The van der Waals surface area contributed by atoms with Crippen LogP contribution in [0, 0.1) is 5.92 Å². The zero-order valence-corrected chi connectivity index (χ0v) is 13.2. The van der Waals surface area contributed by atoms with Crippen molar-refractivity contribution in [2.24, 2.45) is 5.92 Å². The van der Waals surface area contributed by atoms with Crippen LogP contribution in [0.4, 0.5) is 0 Å². The summed E-state index contributed by atoms with van der Waals surface area (Å²) in [6.45, 7) is 5.29. The Morgan fingerprint density at radius 1 is 1.52 bits per heavy atom. The van der Waals surface area contributed by atoms with Gasteiger partial charge < -0.3 is 9.64 Å². The molecule has 1 spiro atoms. The predicted molar refractivity (Wildman–Crippen MR) is 79.2 cm³/mol. The molecule has 5 nitrogen and oxygen atoms in total. The maximum atomic E-state index is 12.7. The van der Waals surface area contributed by atoms with E-state index in [1.54, 1.807) is 4.90 Å². The SMILES string of the molecule is CC(C)Cc1nc(C(=O)N2CCC[C@]23CCOC3=O)cs1. The molecule has 1 amide bonds. The van der Waals surface area contributed by atoms with Crippen molar-refractivity contribution in [2.45, 2.75) is 45.1 Å². The zero-order chi connectivity index (χ0) is 15.0. The maximum Gasteiger partial charge on any atom is 0.332 e. The van der Waals surface area contributed by atoms with E-state index in [9.17, 15) is 9.59 Å². The first-order valence-corrected chi connectivity index (χ1v) is 8.34. The van der Waals surface area contributed by atoms with Crippen LogP contribution in [0.3, 0.4) is 0 Å². The van der Waals surface area contributed by atoms with Crippen molar-refractivity contribution >= 4 is 23.2 Å². The summed E-state index contributed by atoms with van der Waals surface area (Å²) in [4.78, 5) is 30.9. The lowest BCUT2D eigenvalue weighted by molar-refractivity contribution is -0.145. The summed E-state index contributed by atoms with van der Waals surface area (Å²) in [7, 11) is 0. The molecule has 0 aliphatic carbocycles. The summed E-state index contributed by atoms with van der Waals surface area (Å²) in [5.41, 5.74) is -0.254. The highest BCUT2D eigenvalue weighted by Gasteiger charge is 2.54. The monoisotopic (exact) mass is 308 g/mol. The highest BCUT2D eigenvalue weighted by Crippen LogP contribution is 2.38. The molecular formula is C15H20N2O3S. The Morgan fingerprint density at radius 3 is 3.00 bits per heavy atom. The van der Waals surface area contributed by atoms with Crippen LogP contribution in [-0.2, 0) is 16.0 Å². The van der Waals surface area contributed by atoms with Gasteiger partial charge >= 0.3 is 5.97 Å². The Bertz CT molecular complexity index is 565. The molecule has 0 radical (unpaired) electrons. The molecule has 3 heterocycles. The summed E-state index contributed by atoms with van der Waals surface area (Å²) < 4.78 is 5.11. The number of esters is 1. The molecule has 1 aromatic heterocycles. The molecule has 2 aliphatic heterocycles. The van der Waals surface area contributed by atoms with Crippen molar-refractivity contribution in [3.63, 3.8) is 0 Å². The van der Waals surface area contributed by atoms with Crippen molar-refractivity contribution in [3.05, 3.63) is 16.1 Å². The van der Waals surface area contributed by atoms with E-state index in [0.29, 0.717) is 37.6 Å². The molecule has 114 valence electrons. The minimum absolute atomic E-state index is 0.127. The maximum absolute atomic E-state index is 12.7. The van der Waals surface area contributed by atoms with Gasteiger partial charge in [0.2, 0.25) is 0 Å². The fraction of sp³-hybridized carbons (Fsp3) is 0.667. The number of amides is 1. The minimum atomic E-state index is -0.723. The van der Waals surface area contributed by atoms with Gasteiger partial charge in [0.05, 0.1) is 11.6 Å². The van der Waals surface area contributed by atoms with Crippen molar-refractivity contribution in [3.8, 4) is 0 Å². The largest absolute Gasteiger partial charge is 0.464 e. The Labute approximate surface area is 128 Å². The molecule has 1 atom stereocenters. The first-order valence-electron chi connectivity index (χ1n) is 7.46. The van der Waals surface area contributed by atoms with Crippen molar-refractivity contribution < 1.29 is 14.3 Å². The fourth-order valence-corrected chi connectivity index (χ4v) is 4.17. The van der Waals surface area contributed by atoms with Crippen LogP contribution in [0.1, 0.15) is 48.6 Å². The molecule has 3 rings (SSSR count). The highest BCUT2D eigenvalue weighted by atomic mass is 32.1. The molecule has 0 saturated carbocycles. The second kappa shape index (κ2) is 5.40. The summed E-state index contributed by atoms with van der Waals surface area (Å²) in [6.07, 6.45) is 3.05. The highest BCUT2D eigenvalue weighted by molar-refractivity contribution is 7.09. The second-order valence-electron chi connectivity index (χ2n) is 6.20. The van der Waals surface area contributed by atoms with E-state index < -0.39 is 5.54 Å². The summed E-state index contributed by atoms with van der Waals surface area (Å²) in [5, 5.41) is 2.79. The Balaban J connectivity index is 1.81. The molecule has 0 bridgehead atoms. The van der Waals surface area contributed by atoms with E-state index in [1.165, 1.54) is 11.3 Å². The molecule has 2 fully saturated rings. The Morgan fingerprint density at radius 2 is 2.33 bits per heavy atom. The Kier molecular flexibility index (Phi) is 3.73. The van der Waals surface area contributed by atoms with Crippen LogP contribution >= 0.6 is 11.3 Å². The van der Waals surface area contributed by atoms with E-state index in [4.69, 9.17) is 4.74 Å². The average molecular weight is 308 g/mol. The van der Waals surface area contributed by atoms with E-state index >= 15 is 0 Å². The number of rotatable bonds is 3. The fourth-order valence-electron chi connectivity index (χ4n) is 3.19. The number of ether oxygens (including phenoxy) is 1. The normalized spacial score (nSPS) is 25.1. The number of hydrogen-bond acceptors (Lipinski definition) is 5. The van der Waals surface area contributed by atoms with Gasteiger partial charge in [-0.25, -0.2) is 9.78 Å². The smallest absolute Gasteiger partial charge is 0.332 e. The average Bonchev–Trinajstić information content (AvgIpc) is 3.12. The summed E-state index contributed by atoms with van der Waals surface area (Å²) in [6, 6.07) is 0. The third kappa shape index (κ3) is 2.46. The molecule has 2 aliphatic rings. The number of nitrogens with zero attached hydrogens (tertiary/aromatic N) is 2. The van der Waals surface area contributed by atoms with Crippen LogP contribution in [0.2, 0.25) is 0 Å². The molecule has 6 heteroatoms. The lowest BCUT2D eigenvalue weighted by Gasteiger charge is -2.30. The van der Waals surface area contributed by atoms with Crippen molar-refractivity contribution in [1.82, 2.24) is 9.88 Å². The van der Waals surface area contributed by atoms with Gasteiger partial charge in [-0.1, -0.05) is 13.8 Å². The van der Waals surface area contributed by atoms with Gasteiger partial charge in [0.1, 0.15) is 11.2 Å². The molecular weight excluding hydrogens is 288 g/mol. The molecule has 1 aromatic rings. The number of carbonyl (C=O) groups is 2. The van der Waals surface area contributed by atoms with E-state index in [2.05, 4.69) is 18.8 Å². The van der Waals surface area contributed by atoms with Crippen molar-refractivity contribution in [1.29, 1.82) is 0 Å². The van der Waals surface area contributed by atoms with Crippen LogP contribution in [0.15, 0.2) is 5.38 Å². The number of hydrogen-bond donors (Lipinski definition) is 0. The minimum Gasteiger partial charge on any atom is -0.464 e. The zero-order valence-electron chi connectivity index (χ0n) is 12.4. The van der Waals surface area contributed by atoms with Gasteiger partial charge in [0.15, 0.2) is 0 Å². The standard InChI is InChI=1S/C15H20N2O3S/c1-10(2)8-12-16-11(9-21-12)13(18)17-6-3-4-15(17)5-7-20-14(15)19/h9-10H,3-8H2,1-2H3/t15-/m1/s1. The number of carbonyl (C=O) groups excluding carboxylic acids is 2. The van der Waals surface area contributed by atoms with E-state index in [-0.39, 0.29) is 11.9 Å². The number of aromatic nitrogens is 1. The molecule has 0 unspecified atom stereocenters. The Hall–Kier alpha value is -1.43. The van der Waals surface area contributed by atoms with Gasteiger partial charge in [0, 0.05) is 24.8 Å². The summed E-state index contributed by atoms with van der Waals surface area (Å²) in [5.74, 6) is 0.144. The van der Waals surface area contributed by atoms with Gasteiger partial charge in [-0.2, -0.15) is 0 Å². The van der Waals surface area contributed by atoms with Crippen LogP contribution in [0.5, 0.6) is 0 Å². The van der Waals surface area contributed by atoms with Gasteiger partial charge in [0.25, 0.3) is 5.91 Å². The van der Waals surface area contributed by atoms with Gasteiger partial charge in [-0.15, -0.1) is 11.3 Å². The van der Waals surface area contributed by atoms with Crippen LogP contribution in [-0.4, -0.2) is 40.5 Å². The molecule has 0 aromatic carbocycles. The van der Waals surface area contributed by atoms with E-state index in [1.807, 2.05) is 5.38 Å². The third-order valence-electron chi connectivity index (χ3n) is 4.22. The topological polar surface area (TPSA) is 59.5 Å². The number of likely N-dealkylation sites (tertiary alicyclic amines) is 1. The van der Waals surface area contributed by atoms with Crippen molar-refractivity contribution in [2.75, 3.05) is 13.2 Å². The van der Waals surface area contributed by atoms with E-state index in [0.717, 1.165) is 17.8 Å². The number of thiazole rings is 1. The molecule has 0 N–H and O–H groups in total. The lowest BCUT2D eigenvalue weighted by Crippen LogP contribution is -2.50. The quantitative estimate of drug-likeness (QED) is 0.804. The molecule has 2 saturated heterocycles. The van der Waals surface area contributed by atoms with Gasteiger partial charge in [-0.05, 0) is 18.8 Å². The third-order valence-corrected chi connectivity index (χ3v) is 5.09. The predicted octanol–water partition coefficient (Wildman–Crippen LogP) is 2.26. The van der Waals surface area contributed by atoms with Crippen LogP contribution in [0.25, 0.3) is 0 Å². The van der Waals surface area contributed by atoms with Crippen LogP contribution < -0.4 is 0 Å². The van der Waals surface area contributed by atoms with Gasteiger partial charge in [-0.3, -0.25) is 4.79 Å². The second-order valence-corrected chi connectivity index (χ2v) is 7.14. The lowest BCUT2D eigenvalue weighted by atomic mass is 9.94. The number of cyclic esters (lactones) is 1. The first-order chi connectivity index (χ1) is 10.0. The molecule has 21 heavy (non-hydrogen) atoms. The summed E-state index contributed by atoms with van der Waals surface area (Å²) >= 11 is 1.52.